The number of nitrogens with zero attached hydrogens (tertiary/aromatic N) is 5. The van der Waals surface area contributed by atoms with Crippen molar-refractivity contribution in [1.29, 1.82) is 0 Å². The molecular formula is C18H15N5O2S2. The van der Waals surface area contributed by atoms with E-state index in [0.29, 0.717) is 22.2 Å². The molecule has 4 rings (SSSR count). The Morgan fingerprint density at radius 2 is 2.15 bits per heavy atom. The second kappa shape index (κ2) is 7.37. The molecule has 9 heteroatoms. The largest absolute Gasteiger partial charge is 0.497 e. The zero-order chi connectivity index (χ0) is 18.8. The normalized spacial score (nSPS) is 10.9. The topological polar surface area (TPSA) is 81.1 Å². The van der Waals surface area contributed by atoms with E-state index in [0.717, 1.165) is 33.2 Å². The lowest BCUT2D eigenvalue weighted by atomic mass is 10.3. The Morgan fingerprint density at radius 3 is 2.85 bits per heavy atom. The Labute approximate surface area is 163 Å². The molecule has 0 radical (unpaired) electrons. The van der Waals surface area contributed by atoms with E-state index in [2.05, 4.69) is 19.6 Å². The van der Waals surface area contributed by atoms with E-state index in [1.165, 1.54) is 11.3 Å². The molecular weight excluding hydrogens is 382 g/mol. The van der Waals surface area contributed by atoms with Crippen LogP contribution in [0.15, 0.2) is 42.6 Å². The van der Waals surface area contributed by atoms with Crippen LogP contribution in [0.1, 0.15) is 21.1 Å². The molecule has 0 atom stereocenters. The Hall–Kier alpha value is -2.91. The van der Waals surface area contributed by atoms with E-state index in [-0.39, 0.29) is 5.91 Å². The summed E-state index contributed by atoms with van der Waals surface area (Å²) < 4.78 is 10.1. The Balaban J connectivity index is 1.77. The Kier molecular flexibility index (Phi) is 4.78. The second-order valence-electron chi connectivity index (χ2n) is 5.73. The number of anilines is 1. The second-order valence-corrected chi connectivity index (χ2v) is 7.49. The van der Waals surface area contributed by atoms with E-state index in [1.807, 2.05) is 36.4 Å². The summed E-state index contributed by atoms with van der Waals surface area (Å²) in [6.07, 6.45) is 1.71. The molecule has 1 aromatic carbocycles. The van der Waals surface area contributed by atoms with Gasteiger partial charge in [0.05, 0.1) is 35.3 Å². The standard InChI is InChI=1S/C18H15N5O2S2/c1-11-16(27-22-21-11)17(24)23(10-12-5-3-4-8-19-12)18-20-14-9-13(25-2)6-7-15(14)26-18/h3-9H,10H2,1-2H3. The maximum Gasteiger partial charge on any atom is 0.274 e. The van der Waals surface area contributed by atoms with E-state index < -0.39 is 0 Å². The van der Waals surface area contributed by atoms with Gasteiger partial charge in [0.25, 0.3) is 5.91 Å². The van der Waals surface area contributed by atoms with Crippen molar-refractivity contribution in [2.75, 3.05) is 12.0 Å². The van der Waals surface area contributed by atoms with Crippen LogP contribution in [0.5, 0.6) is 5.75 Å². The molecule has 0 aliphatic rings. The maximum absolute atomic E-state index is 13.2. The molecule has 0 aliphatic heterocycles. The van der Waals surface area contributed by atoms with Crippen LogP contribution in [0.2, 0.25) is 0 Å². The molecule has 27 heavy (non-hydrogen) atoms. The summed E-state index contributed by atoms with van der Waals surface area (Å²) in [4.78, 5) is 24.3. The molecule has 4 aromatic rings. The van der Waals surface area contributed by atoms with Crippen LogP contribution in [0.3, 0.4) is 0 Å². The lowest BCUT2D eigenvalue weighted by Gasteiger charge is -2.18. The quantitative estimate of drug-likeness (QED) is 0.511. The number of ether oxygens (including phenoxy) is 1. The predicted molar refractivity (Wildman–Crippen MR) is 106 cm³/mol. The summed E-state index contributed by atoms with van der Waals surface area (Å²) in [6.45, 7) is 2.09. The van der Waals surface area contributed by atoms with Crippen LogP contribution in [0.25, 0.3) is 10.2 Å². The smallest absolute Gasteiger partial charge is 0.274 e. The molecule has 0 N–H and O–H groups in total. The molecule has 0 unspecified atom stereocenters. The van der Waals surface area contributed by atoms with Gasteiger partial charge >= 0.3 is 0 Å². The molecule has 0 saturated heterocycles. The first-order valence-electron chi connectivity index (χ1n) is 8.11. The van der Waals surface area contributed by atoms with Crippen LogP contribution in [-0.4, -0.2) is 32.6 Å². The highest BCUT2D eigenvalue weighted by atomic mass is 32.1. The van der Waals surface area contributed by atoms with Gasteiger partial charge in [0, 0.05) is 12.3 Å². The summed E-state index contributed by atoms with van der Waals surface area (Å²) in [7, 11) is 1.62. The lowest BCUT2D eigenvalue weighted by molar-refractivity contribution is 0.0988. The summed E-state index contributed by atoms with van der Waals surface area (Å²) in [6, 6.07) is 11.3. The number of hydrogen-bond donors (Lipinski definition) is 0. The van der Waals surface area contributed by atoms with Gasteiger partial charge in [-0.25, -0.2) is 4.98 Å². The fourth-order valence-corrected chi connectivity index (χ4v) is 4.12. The van der Waals surface area contributed by atoms with Crippen molar-refractivity contribution in [1.82, 2.24) is 19.6 Å². The molecule has 0 bridgehead atoms. The van der Waals surface area contributed by atoms with Crippen molar-refractivity contribution >= 4 is 44.1 Å². The van der Waals surface area contributed by atoms with Gasteiger partial charge in [-0.2, -0.15) is 0 Å². The zero-order valence-electron chi connectivity index (χ0n) is 14.6. The van der Waals surface area contributed by atoms with Crippen molar-refractivity contribution in [2.45, 2.75) is 13.5 Å². The number of carbonyl (C=O) groups is 1. The van der Waals surface area contributed by atoms with Gasteiger partial charge in [0.2, 0.25) is 0 Å². The van der Waals surface area contributed by atoms with E-state index in [4.69, 9.17) is 4.74 Å². The molecule has 3 heterocycles. The van der Waals surface area contributed by atoms with Gasteiger partial charge < -0.3 is 4.74 Å². The highest BCUT2D eigenvalue weighted by molar-refractivity contribution is 7.22. The number of pyridine rings is 1. The van der Waals surface area contributed by atoms with Crippen molar-refractivity contribution in [2.24, 2.45) is 0 Å². The minimum atomic E-state index is -0.181. The minimum Gasteiger partial charge on any atom is -0.497 e. The van der Waals surface area contributed by atoms with Crippen LogP contribution in [0, 0.1) is 6.92 Å². The minimum absolute atomic E-state index is 0.181. The van der Waals surface area contributed by atoms with Gasteiger partial charge in [0.1, 0.15) is 10.6 Å². The molecule has 1 amide bonds. The third-order valence-corrected chi connectivity index (χ3v) is 5.83. The van der Waals surface area contributed by atoms with Crippen LogP contribution >= 0.6 is 22.9 Å². The highest BCUT2D eigenvalue weighted by Crippen LogP contribution is 2.33. The lowest BCUT2D eigenvalue weighted by Crippen LogP contribution is -2.30. The van der Waals surface area contributed by atoms with Crippen LogP contribution in [-0.2, 0) is 6.54 Å². The maximum atomic E-state index is 13.2. The van der Waals surface area contributed by atoms with Gasteiger partial charge in [-0.15, -0.1) is 5.10 Å². The molecule has 0 aliphatic carbocycles. The number of hydrogen-bond acceptors (Lipinski definition) is 8. The van der Waals surface area contributed by atoms with Crippen molar-refractivity contribution in [3.63, 3.8) is 0 Å². The molecule has 0 saturated carbocycles. The number of benzene rings is 1. The average molecular weight is 397 g/mol. The highest BCUT2D eigenvalue weighted by Gasteiger charge is 2.25. The average Bonchev–Trinajstić information content (AvgIpc) is 3.31. The fourth-order valence-electron chi connectivity index (χ4n) is 2.57. The molecule has 3 aromatic heterocycles. The van der Waals surface area contributed by atoms with Gasteiger partial charge in [0.15, 0.2) is 5.13 Å². The number of thiazole rings is 1. The summed E-state index contributed by atoms with van der Waals surface area (Å²) in [5, 5.41) is 4.56. The Bertz CT molecular complexity index is 1090. The van der Waals surface area contributed by atoms with E-state index in [9.17, 15) is 4.79 Å². The third-order valence-electron chi connectivity index (χ3n) is 3.95. The van der Waals surface area contributed by atoms with Crippen molar-refractivity contribution < 1.29 is 9.53 Å². The van der Waals surface area contributed by atoms with E-state index in [1.54, 1.807) is 25.1 Å². The number of amides is 1. The molecule has 136 valence electrons. The number of aromatic nitrogens is 4. The van der Waals surface area contributed by atoms with Crippen molar-refractivity contribution in [3.05, 3.63) is 58.9 Å². The van der Waals surface area contributed by atoms with Crippen molar-refractivity contribution in [3.8, 4) is 5.75 Å². The molecule has 0 fully saturated rings. The van der Waals surface area contributed by atoms with Gasteiger partial charge in [-0.3, -0.25) is 14.7 Å². The number of methoxy groups -OCH3 is 1. The number of rotatable bonds is 5. The SMILES string of the molecule is COc1ccc2sc(N(Cc3ccccn3)C(=O)c3snnc3C)nc2c1. The fraction of sp³-hybridized carbons (Fsp3) is 0.167. The number of fused-ring (bicyclic) bond motifs is 1. The summed E-state index contributed by atoms with van der Waals surface area (Å²) >= 11 is 2.54. The van der Waals surface area contributed by atoms with Gasteiger partial charge in [-0.05, 0) is 42.7 Å². The van der Waals surface area contributed by atoms with E-state index >= 15 is 0 Å². The first-order chi connectivity index (χ1) is 13.2. The van der Waals surface area contributed by atoms with Gasteiger partial charge in [-0.1, -0.05) is 21.9 Å². The first kappa shape index (κ1) is 17.5. The monoisotopic (exact) mass is 397 g/mol. The molecule has 7 nitrogen and oxygen atoms in total. The number of carbonyl (C=O) groups excluding carboxylic acids is 1. The Morgan fingerprint density at radius 1 is 1.26 bits per heavy atom. The molecule has 0 spiro atoms. The first-order valence-corrected chi connectivity index (χ1v) is 9.70. The van der Waals surface area contributed by atoms with Crippen LogP contribution < -0.4 is 9.64 Å². The predicted octanol–water partition coefficient (Wildman–Crippen LogP) is 3.71. The van der Waals surface area contributed by atoms with Crippen LogP contribution in [0.4, 0.5) is 5.13 Å². The summed E-state index contributed by atoms with van der Waals surface area (Å²) in [5.74, 6) is 0.545. The summed E-state index contributed by atoms with van der Waals surface area (Å²) in [5.41, 5.74) is 2.17. The third kappa shape index (κ3) is 3.51. The zero-order valence-corrected chi connectivity index (χ0v) is 16.3. The number of aryl methyl sites for hydroxylation is 1.